The van der Waals surface area contributed by atoms with Gasteiger partial charge in [0, 0.05) is 19.0 Å². The lowest BCUT2D eigenvalue weighted by atomic mass is 9.85. The molecule has 5 rings (SSSR count). The molecule has 2 amide bonds. The number of hydrogen-bond acceptors (Lipinski definition) is 4. The minimum Gasteiger partial charge on any atom is -0.481 e. The lowest BCUT2D eigenvalue weighted by molar-refractivity contribution is -0.150. The molecule has 0 spiro atoms. The second kappa shape index (κ2) is 9.12. The molecule has 2 aliphatic carbocycles. The first kappa shape index (κ1) is 22.4. The quantitative estimate of drug-likeness (QED) is 0.679. The van der Waals surface area contributed by atoms with Crippen molar-refractivity contribution in [1.29, 1.82) is 0 Å². The maximum absolute atomic E-state index is 13.2. The summed E-state index contributed by atoms with van der Waals surface area (Å²) in [5.41, 5.74) is 4.59. The SMILES string of the molecule is CC[C@@H](NC(=O)OCC1c2ccccc2-c2ccccc21)C(=O)N1CC2CCC(C1)C2C(=O)O. The monoisotopic (exact) mass is 462 g/mol. The Morgan fingerprint density at radius 1 is 1.00 bits per heavy atom. The fraction of sp³-hybridized carbons (Fsp3) is 0.444. The first-order valence-electron chi connectivity index (χ1n) is 12.1. The van der Waals surface area contributed by atoms with E-state index in [1.165, 1.54) is 0 Å². The number of alkyl carbamates (subject to hydrolysis) is 1. The Kier molecular flexibility index (Phi) is 6.02. The third-order valence-electron chi connectivity index (χ3n) is 7.77. The molecule has 1 aliphatic heterocycles. The highest BCUT2D eigenvalue weighted by Crippen LogP contribution is 2.44. The second-order valence-electron chi connectivity index (χ2n) is 9.64. The number of amides is 2. The molecule has 2 aromatic rings. The lowest BCUT2D eigenvalue weighted by Gasteiger charge is -2.37. The molecule has 178 valence electrons. The number of ether oxygens (including phenoxy) is 1. The number of likely N-dealkylation sites (tertiary alicyclic amines) is 1. The van der Waals surface area contributed by atoms with Crippen molar-refractivity contribution >= 4 is 18.0 Å². The molecule has 0 aromatic heterocycles. The largest absolute Gasteiger partial charge is 0.481 e. The average Bonchev–Trinajstić information content (AvgIpc) is 3.31. The van der Waals surface area contributed by atoms with Crippen LogP contribution in [0.15, 0.2) is 48.5 Å². The van der Waals surface area contributed by atoms with Crippen molar-refractivity contribution in [2.45, 2.75) is 38.1 Å². The van der Waals surface area contributed by atoms with Crippen LogP contribution in [0.1, 0.15) is 43.2 Å². The van der Waals surface area contributed by atoms with Gasteiger partial charge in [-0.3, -0.25) is 9.59 Å². The zero-order chi connectivity index (χ0) is 23.8. The molecule has 7 heteroatoms. The van der Waals surface area contributed by atoms with Gasteiger partial charge in [-0.15, -0.1) is 0 Å². The average molecular weight is 463 g/mol. The van der Waals surface area contributed by atoms with Gasteiger partial charge in [0.25, 0.3) is 0 Å². The Morgan fingerprint density at radius 2 is 1.56 bits per heavy atom. The van der Waals surface area contributed by atoms with Crippen molar-refractivity contribution in [2.24, 2.45) is 17.8 Å². The van der Waals surface area contributed by atoms with Crippen LogP contribution in [0.2, 0.25) is 0 Å². The van der Waals surface area contributed by atoms with Gasteiger partial charge in [-0.1, -0.05) is 55.5 Å². The summed E-state index contributed by atoms with van der Waals surface area (Å²) in [4.78, 5) is 39.2. The number of aliphatic carboxylic acids is 1. The van der Waals surface area contributed by atoms with Crippen molar-refractivity contribution in [3.63, 3.8) is 0 Å². The van der Waals surface area contributed by atoms with Gasteiger partial charge < -0.3 is 20.1 Å². The molecule has 34 heavy (non-hydrogen) atoms. The molecule has 1 saturated carbocycles. The standard InChI is InChI=1S/C27H30N2O5/c1-2-23(25(30)29-13-16-11-12-17(14-29)24(16)26(31)32)28-27(33)34-15-22-20-9-5-3-7-18(20)19-8-4-6-10-21(19)22/h3-10,16-17,22-24H,2,11-15H2,1H3,(H,28,33)(H,31,32)/t16?,17?,23-,24?/m1/s1. The highest BCUT2D eigenvalue weighted by molar-refractivity contribution is 5.86. The van der Waals surface area contributed by atoms with E-state index in [0.717, 1.165) is 35.1 Å². The number of fused-ring (bicyclic) bond motifs is 5. The third kappa shape index (κ3) is 3.93. The van der Waals surface area contributed by atoms with Crippen LogP contribution in [-0.2, 0) is 14.3 Å². The highest BCUT2D eigenvalue weighted by Gasteiger charge is 2.47. The summed E-state index contributed by atoms with van der Waals surface area (Å²) < 4.78 is 5.61. The van der Waals surface area contributed by atoms with E-state index in [1.54, 1.807) is 4.90 Å². The summed E-state index contributed by atoms with van der Waals surface area (Å²) in [6.07, 6.45) is 1.51. The Labute approximate surface area is 199 Å². The van der Waals surface area contributed by atoms with Gasteiger partial charge in [0.2, 0.25) is 5.91 Å². The minimum absolute atomic E-state index is 0.00726. The number of benzene rings is 2. The van der Waals surface area contributed by atoms with Crippen LogP contribution in [0, 0.1) is 17.8 Å². The number of hydrogen-bond donors (Lipinski definition) is 2. The molecule has 2 bridgehead atoms. The summed E-state index contributed by atoms with van der Waals surface area (Å²) in [6, 6.07) is 15.6. The Balaban J connectivity index is 1.21. The van der Waals surface area contributed by atoms with Gasteiger partial charge in [-0.25, -0.2) is 4.79 Å². The number of nitrogens with zero attached hydrogens (tertiary/aromatic N) is 1. The van der Waals surface area contributed by atoms with Crippen LogP contribution in [0.4, 0.5) is 4.79 Å². The molecule has 1 saturated heterocycles. The molecule has 3 atom stereocenters. The number of carboxylic acids is 1. The smallest absolute Gasteiger partial charge is 0.407 e. The topological polar surface area (TPSA) is 95.9 Å². The van der Waals surface area contributed by atoms with Crippen LogP contribution in [-0.4, -0.2) is 53.7 Å². The van der Waals surface area contributed by atoms with E-state index in [-0.39, 0.29) is 36.2 Å². The number of rotatable bonds is 6. The van der Waals surface area contributed by atoms with E-state index in [0.29, 0.717) is 19.5 Å². The van der Waals surface area contributed by atoms with E-state index in [9.17, 15) is 19.5 Å². The molecule has 2 unspecified atom stereocenters. The van der Waals surface area contributed by atoms with E-state index in [4.69, 9.17) is 4.74 Å². The number of nitrogens with one attached hydrogen (secondary N) is 1. The van der Waals surface area contributed by atoms with E-state index in [2.05, 4.69) is 29.6 Å². The van der Waals surface area contributed by atoms with Crippen LogP contribution >= 0.6 is 0 Å². The Bertz CT molecular complexity index is 1060. The molecule has 3 aliphatic rings. The second-order valence-corrected chi connectivity index (χ2v) is 9.64. The van der Waals surface area contributed by atoms with Crippen LogP contribution < -0.4 is 5.32 Å². The molecular formula is C27H30N2O5. The fourth-order valence-corrected chi connectivity index (χ4v) is 6.15. The van der Waals surface area contributed by atoms with Gasteiger partial charge in [0.05, 0.1) is 5.92 Å². The van der Waals surface area contributed by atoms with E-state index >= 15 is 0 Å². The fourth-order valence-electron chi connectivity index (χ4n) is 6.15. The molecule has 7 nitrogen and oxygen atoms in total. The van der Waals surface area contributed by atoms with Gasteiger partial charge in [-0.05, 0) is 53.4 Å². The third-order valence-corrected chi connectivity index (χ3v) is 7.77. The summed E-state index contributed by atoms with van der Waals surface area (Å²) in [6.45, 7) is 2.92. The van der Waals surface area contributed by atoms with Crippen molar-refractivity contribution in [3.05, 3.63) is 59.7 Å². The molecular weight excluding hydrogens is 432 g/mol. The predicted octanol–water partition coefficient (Wildman–Crippen LogP) is 3.87. The Hall–Kier alpha value is -3.35. The zero-order valence-electron chi connectivity index (χ0n) is 19.3. The minimum atomic E-state index is -0.761. The van der Waals surface area contributed by atoms with Crippen molar-refractivity contribution in [3.8, 4) is 11.1 Å². The summed E-state index contributed by atoms with van der Waals surface area (Å²) in [5, 5.41) is 12.3. The normalized spacial score (nSPS) is 23.7. The van der Waals surface area contributed by atoms with Gasteiger partial charge in [0.1, 0.15) is 12.6 Å². The van der Waals surface area contributed by atoms with Crippen molar-refractivity contribution in [2.75, 3.05) is 19.7 Å². The maximum atomic E-state index is 13.2. The highest BCUT2D eigenvalue weighted by atomic mass is 16.5. The van der Waals surface area contributed by atoms with Crippen molar-refractivity contribution in [1.82, 2.24) is 10.2 Å². The summed E-state index contributed by atoms with van der Waals surface area (Å²) in [7, 11) is 0. The first-order chi connectivity index (χ1) is 16.5. The first-order valence-corrected chi connectivity index (χ1v) is 12.1. The number of carboxylic acid groups (broad SMARTS) is 1. The van der Waals surface area contributed by atoms with E-state index < -0.39 is 18.1 Å². The zero-order valence-corrected chi connectivity index (χ0v) is 19.3. The number of carbonyl (C=O) groups is 3. The van der Waals surface area contributed by atoms with Crippen LogP contribution in [0.25, 0.3) is 11.1 Å². The van der Waals surface area contributed by atoms with Gasteiger partial charge in [0.15, 0.2) is 0 Å². The molecule has 2 fully saturated rings. The van der Waals surface area contributed by atoms with Crippen LogP contribution in [0.5, 0.6) is 0 Å². The molecule has 2 N–H and O–H groups in total. The van der Waals surface area contributed by atoms with E-state index in [1.807, 2.05) is 31.2 Å². The Morgan fingerprint density at radius 3 is 2.09 bits per heavy atom. The predicted molar refractivity (Wildman–Crippen MR) is 126 cm³/mol. The molecule has 1 heterocycles. The maximum Gasteiger partial charge on any atom is 0.407 e. The number of carbonyl (C=O) groups excluding carboxylic acids is 2. The molecule has 2 aromatic carbocycles. The number of piperidine rings is 1. The van der Waals surface area contributed by atoms with Crippen molar-refractivity contribution < 1.29 is 24.2 Å². The summed E-state index contributed by atoms with van der Waals surface area (Å²) >= 11 is 0. The summed E-state index contributed by atoms with van der Waals surface area (Å²) in [5.74, 6) is -1.33. The van der Waals surface area contributed by atoms with Gasteiger partial charge >= 0.3 is 12.1 Å². The molecule has 0 radical (unpaired) electrons. The van der Waals surface area contributed by atoms with Crippen LogP contribution in [0.3, 0.4) is 0 Å². The van der Waals surface area contributed by atoms with Gasteiger partial charge in [-0.2, -0.15) is 0 Å². The lowest BCUT2D eigenvalue weighted by Crippen LogP contribution is -2.54.